The van der Waals surface area contributed by atoms with Crippen LogP contribution in [0.3, 0.4) is 0 Å². The van der Waals surface area contributed by atoms with Crippen molar-refractivity contribution in [2.24, 2.45) is 0 Å². The molecule has 2 N–H and O–H groups in total. The lowest BCUT2D eigenvalue weighted by Gasteiger charge is -1.98. The summed E-state index contributed by atoms with van der Waals surface area (Å²) in [4.78, 5) is 23.8. The number of halogens is 1. The normalized spacial score (nSPS) is 11.2. The highest BCUT2D eigenvalue weighted by atomic mass is 79.9. The Morgan fingerprint density at radius 2 is 2.19 bits per heavy atom. The largest absolute Gasteiger partial charge is 0.502 e. The Kier molecular flexibility index (Phi) is 3.56. The molecule has 0 aliphatic carbocycles. The van der Waals surface area contributed by atoms with Crippen molar-refractivity contribution in [2.45, 2.75) is 0 Å². The second kappa shape index (κ2) is 4.71. The fourth-order valence-electron chi connectivity index (χ4n) is 0.914. The van der Waals surface area contributed by atoms with Gasteiger partial charge in [-0.05, 0) is 22.0 Å². The van der Waals surface area contributed by atoms with Gasteiger partial charge in [0.15, 0.2) is 0 Å². The van der Waals surface area contributed by atoms with Crippen molar-refractivity contribution >= 4 is 33.7 Å². The van der Waals surface area contributed by atoms with Crippen molar-refractivity contribution in [3.63, 3.8) is 0 Å². The lowest BCUT2D eigenvalue weighted by Crippen LogP contribution is -2.00. The molecular formula is C8H5BrN2O5. The van der Waals surface area contributed by atoms with Crippen LogP contribution in [0.5, 0.6) is 0 Å². The van der Waals surface area contributed by atoms with Gasteiger partial charge in [-0.25, -0.2) is 9.78 Å². The number of nitrogens with zero attached hydrogens (tertiary/aromatic N) is 2. The molecule has 84 valence electrons. The zero-order valence-electron chi connectivity index (χ0n) is 7.62. The summed E-state index contributed by atoms with van der Waals surface area (Å²) in [5.74, 6) is -2.55. The quantitative estimate of drug-likeness (QED) is 0.288. The smallest absolute Gasteiger partial charge is 0.370 e. The van der Waals surface area contributed by atoms with E-state index in [2.05, 4.69) is 20.9 Å². The number of hydrogen-bond donors (Lipinski definition) is 2. The van der Waals surface area contributed by atoms with E-state index < -0.39 is 22.3 Å². The van der Waals surface area contributed by atoms with Crippen LogP contribution in [0.2, 0.25) is 0 Å². The van der Waals surface area contributed by atoms with Gasteiger partial charge in [-0.1, -0.05) is 0 Å². The van der Waals surface area contributed by atoms with Gasteiger partial charge in [0.2, 0.25) is 5.76 Å². The second-order valence-electron chi connectivity index (χ2n) is 2.66. The van der Waals surface area contributed by atoms with Crippen molar-refractivity contribution in [2.75, 3.05) is 0 Å². The number of aliphatic hydroxyl groups excluding tert-OH is 1. The Hall–Kier alpha value is -1.96. The number of carboxylic acids is 1. The van der Waals surface area contributed by atoms with Crippen LogP contribution in [0.4, 0.5) is 5.69 Å². The molecule has 8 heteroatoms. The standard InChI is InChI=1S/C8H5BrN2O5/c9-7-2-4(1-6(12)8(13)14)5(3-10-7)11(15)16/h1-3,12H,(H,13,14)/b6-1+. The minimum Gasteiger partial charge on any atom is -0.502 e. The number of rotatable bonds is 3. The molecule has 1 rings (SSSR count). The van der Waals surface area contributed by atoms with Crippen molar-refractivity contribution in [1.29, 1.82) is 0 Å². The third-order valence-electron chi connectivity index (χ3n) is 1.59. The van der Waals surface area contributed by atoms with Crippen molar-refractivity contribution in [1.82, 2.24) is 4.98 Å². The molecule has 0 saturated carbocycles. The minimum absolute atomic E-state index is 0.0493. The zero-order chi connectivity index (χ0) is 12.3. The maximum Gasteiger partial charge on any atom is 0.370 e. The van der Waals surface area contributed by atoms with Gasteiger partial charge >= 0.3 is 5.97 Å². The number of aliphatic hydroxyl groups is 1. The zero-order valence-corrected chi connectivity index (χ0v) is 9.21. The Bertz CT molecular complexity index is 485. The van der Waals surface area contributed by atoms with Crippen molar-refractivity contribution in [3.8, 4) is 0 Å². The maximum absolute atomic E-state index is 10.6. The first-order valence-electron chi connectivity index (χ1n) is 3.85. The van der Waals surface area contributed by atoms with E-state index in [0.717, 1.165) is 12.3 Å². The van der Waals surface area contributed by atoms with Gasteiger partial charge in [0, 0.05) is 6.08 Å². The maximum atomic E-state index is 10.6. The first-order chi connectivity index (χ1) is 7.41. The highest BCUT2D eigenvalue weighted by Crippen LogP contribution is 2.22. The Morgan fingerprint density at radius 3 is 2.69 bits per heavy atom. The summed E-state index contributed by atoms with van der Waals surface area (Å²) >= 11 is 2.98. The monoisotopic (exact) mass is 288 g/mol. The molecule has 0 unspecified atom stereocenters. The number of nitro groups is 1. The van der Waals surface area contributed by atoms with E-state index in [1.165, 1.54) is 6.07 Å². The van der Waals surface area contributed by atoms with E-state index in [1.807, 2.05) is 0 Å². The van der Waals surface area contributed by atoms with Gasteiger partial charge in [-0.15, -0.1) is 0 Å². The first kappa shape index (κ1) is 12.1. The summed E-state index contributed by atoms with van der Waals surface area (Å²) in [6.45, 7) is 0. The fraction of sp³-hybridized carbons (Fsp3) is 0. The van der Waals surface area contributed by atoms with Crippen LogP contribution in [-0.2, 0) is 4.79 Å². The van der Waals surface area contributed by atoms with Gasteiger partial charge < -0.3 is 10.2 Å². The highest BCUT2D eigenvalue weighted by molar-refractivity contribution is 9.10. The van der Waals surface area contributed by atoms with Crippen LogP contribution in [0.1, 0.15) is 5.56 Å². The molecule has 7 nitrogen and oxygen atoms in total. The van der Waals surface area contributed by atoms with E-state index in [0.29, 0.717) is 4.60 Å². The average Bonchev–Trinajstić information content (AvgIpc) is 2.16. The van der Waals surface area contributed by atoms with Gasteiger partial charge in [0.05, 0.1) is 10.5 Å². The summed E-state index contributed by atoms with van der Waals surface area (Å²) in [5.41, 5.74) is -0.442. The van der Waals surface area contributed by atoms with Crippen LogP contribution in [0.15, 0.2) is 22.6 Å². The van der Waals surface area contributed by atoms with Gasteiger partial charge in [-0.2, -0.15) is 0 Å². The molecule has 1 aromatic heterocycles. The SMILES string of the molecule is O=C(O)/C(O)=C\c1cc(Br)ncc1[N+](=O)[O-]. The molecule has 0 fully saturated rings. The molecule has 0 aliphatic rings. The summed E-state index contributed by atoms with van der Waals surface area (Å²) in [6.07, 6.45) is 1.75. The number of hydrogen-bond acceptors (Lipinski definition) is 5. The van der Waals surface area contributed by atoms with Crippen molar-refractivity contribution in [3.05, 3.63) is 38.3 Å². The number of carbonyl (C=O) groups is 1. The molecule has 16 heavy (non-hydrogen) atoms. The summed E-state index contributed by atoms with van der Waals surface area (Å²) in [5, 5.41) is 28.0. The van der Waals surface area contributed by atoms with E-state index in [4.69, 9.17) is 10.2 Å². The highest BCUT2D eigenvalue weighted by Gasteiger charge is 2.15. The van der Waals surface area contributed by atoms with Gasteiger partial charge in [-0.3, -0.25) is 10.1 Å². The molecule has 0 spiro atoms. The molecule has 0 aliphatic heterocycles. The molecule has 0 atom stereocenters. The van der Waals surface area contributed by atoms with Crippen LogP contribution in [0, 0.1) is 10.1 Å². The van der Waals surface area contributed by atoms with E-state index in [9.17, 15) is 14.9 Å². The average molecular weight is 289 g/mol. The molecule has 0 radical (unpaired) electrons. The van der Waals surface area contributed by atoms with Crippen LogP contribution >= 0.6 is 15.9 Å². The minimum atomic E-state index is -1.57. The summed E-state index contributed by atoms with van der Waals surface area (Å²) in [6, 6.07) is 1.23. The molecule has 0 saturated heterocycles. The summed E-state index contributed by atoms with van der Waals surface area (Å²) in [7, 11) is 0. The second-order valence-corrected chi connectivity index (χ2v) is 3.47. The number of aromatic nitrogens is 1. The number of aliphatic carboxylic acids is 1. The third-order valence-corrected chi connectivity index (χ3v) is 2.02. The topological polar surface area (TPSA) is 114 Å². The molecular weight excluding hydrogens is 284 g/mol. The van der Waals surface area contributed by atoms with Gasteiger partial charge in [0.25, 0.3) is 5.69 Å². The lowest BCUT2D eigenvalue weighted by atomic mass is 10.2. The van der Waals surface area contributed by atoms with E-state index in [1.54, 1.807) is 0 Å². The van der Waals surface area contributed by atoms with Crippen LogP contribution in [0.25, 0.3) is 6.08 Å². The number of carboxylic acid groups (broad SMARTS) is 1. The van der Waals surface area contributed by atoms with Gasteiger partial charge in [0.1, 0.15) is 10.8 Å². The Balaban J connectivity index is 3.31. The lowest BCUT2D eigenvalue weighted by molar-refractivity contribution is -0.385. The molecule has 1 aromatic rings. The summed E-state index contributed by atoms with van der Waals surface area (Å²) < 4.78 is 0.294. The molecule has 0 aromatic carbocycles. The Labute approximate surface area is 97.3 Å². The Morgan fingerprint density at radius 1 is 1.56 bits per heavy atom. The fourth-order valence-corrected chi connectivity index (χ4v) is 1.26. The predicted molar refractivity (Wildman–Crippen MR) is 56.8 cm³/mol. The van der Waals surface area contributed by atoms with E-state index >= 15 is 0 Å². The predicted octanol–water partition coefficient (Wildman–Crippen LogP) is 1.74. The molecule has 0 bridgehead atoms. The first-order valence-corrected chi connectivity index (χ1v) is 4.65. The number of pyridine rings is 1. The van der Waals surface area contributed by atoms with E-state index in [-0.39, 0.29) is 5.56 Å². The molecule has 0 amide bonds. The third kappa shape index (κ3) is 2.76. The van der Waals surface area contributed by atoms with Crippen LogP contribution in [-0.4, -0.2) is 26.1 Å². The van der Waals surface area contributed by atoms with Crippen molar-refractivity contribution < 1.29 is 19.9 Å². The molecule has 1 heterocycles. The van der Waals surface area contributed by atoms with Crippen LogP contribution < -0.4 is 0 Å².